The molecule has 0 aliphatic carbocycles. The van der Waals surface area contributed by atoms with Gasteiger partial charge < -0.3 is 10.1 Å². The summed E-state index contributed by atoms with van der Waals surface area (Å²) in [5, 5.41) is 1.90. The van der Waals surface area contributed by atoms with Crippen molar-refractivity contribution >= 4 is 17.5 Å². The SMILES string of the molecule is COc1ccc(CC[NH2+]C2CC(=O)N(c3ccc(F)cc3)C2=O)cc1. The summed E-state index contributed by atoms with van der Waals surface area (Å²) in [7, 11) is 1.62. The van der Waals surface area contributed by atoms with E-state index in [1.54, 1.807) is 7.11 Å². The molecule has 130 valence electrons. The Hall–Kier alpha value is -2.73. The maximum atomic E-state index is 13.0. The molecule has 1 heterocycles. The van der Waals surface area contributed by atoms with E-state index in [9.17, 15) is 14.0 Å². The van der Waals surface area contributed by atoms with Gasteiger partial charge >= 0.3 is 0 Å². The molecule has 0 spiro atoms. The van der Waals surface area contributed by atoms with Gasteiger partial charge in [-0.05, 0) is 42.0 Å². The lowest BCUT2D eigenvalue weighted by Gasteiger charge is -2.14. The van der Waals surface area contributed by atoms with Crippen molar-refractivity contribution in [3.8, 4) is 5.75 Å². The number of imide groups is 1. The first-order valence-corrected chi connectivity index (χ1v) is 8.17. The van der Waals surface area contributed by atoms with Gasteiger partial charge in [0.05, 0.1) is 25.8 Å². The van der Waals surface area contributed by atoms with Crippen molar-refractivity contribution in [2.24, 2.45) is 0 Å². The van der Waals surface area contributed by atoms with Crippen molar-refractivity contribution in [2.45, 2.75) is 18.9 Å². The number of rotatable bonds is 6. The number of anilines is 1. The summed E-state index contributed by atoms with van der Waals surface area (Å²) < 4.78 is 18.1. The lowest BCUT2D eigenvalue weighted by Crippen LogP contribution is -2.92. The van der Waals surface area contributed by atoms with Crippen LogP contribution in [0.2, 0.25) is 0 Å². The van der Waals surface area contributed by atoms with Crippen molar-refractivity contribution in [2.75, 3.05) is 18.6 Å². The Morgan fingerprint density at radius 3 is 2.44 bits per heavy atom. The van der Waals surface area contributed by atoms with Crippen LogP contribution in [0.15, 0.2) is 48.5 Å². The van der Waals surface area contributed by atoms with Crippen molar-refractivity contribution in [1.82, 2.24) is 0 Å². The van der Waals surface area contributed by atoms with E-state index in [0.29, 0.717) is 12.2 Å². The number of nitrogens with two attached hydrogens (primary N) is 1. The van der Waals surface area contributed by atoms with E-state index < -0.39 is 11.9 Å². The van der Waals surface area contributed by atoms with Crippen LogP contribution in [-0.4, -0.2) is 31.5 Å². The van der Waals surface area contributed by atoms with Crippen molar-refractivity contribution in [3.63, 3.8) is 0 Å². The van der Waals surface area contributed by atoms with Gasteiger partial charge in [0, 0.05) is 6.42 Å². The van der Waals surface area contributed by atoms with Gasteiger partial charge in [0.2, 0.25) is 5.91 Å². The van der Waals surface area contributed by atoms with E-state index in [4.69, 9.17) is 4.74 Å². The molecule has 3 rings (SSSR count). The summed E-state index contributed by atoms with van der Waals surface area (Å²) in [6, 6.07) is 12.7. The van der Waals surface area contributed by atoms with Crippen molar-refractivity contribution in [3.05, 3.63) is 59.9 Å². The first kappa shape index (κ1) is 17.1. The van der Waals surface area contributed by atoms with Gasteiger partial charge in [-0.25, -0.2) is 9.29 Å². The molecule has 5 nitrogen and oxygen atoms in total. The Morgan fingerprint density at radius 1 is 1.12 bits per heavy atom. The maximum Gasteiger partial charge on any atom is 0.292 e. The number of nitrogens with zero attached hydrogens (tertiary/aromatic N) is 1. The zero-order valence-corrected chi connectivity index (χ0v) is 13.9. The molecule has 0 bridgehead atoms. The summed E-state index contributed by atoms with van der Waals surface area (Å²) in [6.07, 6.45) is 0.956. The van der Waals surface area contributed by atoms with Crippen LogP contribution in [0.1, 0.15) is 12.0 Å². The highest BCUT2D eigenvalue weighted by molar-refractivity contribution is 6.21. The Labute approximate surface area is 145 Å². The van der Waals surface area contributed by atoms with Crippen LogP contribution < -0.4 is 15.0 Å². The van der Waals surface area contributed by atoms with Gasteiger partial charge in [-0.15, -0.1) is 0 Å². The Kier molecular flexibility index (Phi) is 5.09. The van der Waals surface area contributed by atoms with Gasteiger partial charge in [0.25, 0.3) is 5.91 Å². The molecule has 0 aromatic heterocycles. The standard InChI is InChI=1S/C19H19FN2O3/c1-25-16-8-2-13(3-9-16)10-11-21-17-12-18(23)22(19(17)24)15-6-4-14(20)5-7-15/h2-9,17,21H,10-12H2,1H3/p+1. The summed E-state index contributed by atoms with van der Waals surface area (Å²) >= 11 is 0. The van der Waals surface area contributed by atoms with E-state index in [1.165, 1.54) is 24.3 Å². The van der Waals surface area contributed by atoms with Crippen LogP contribution in [0.4, 0.5) is 10.1 Å². The summed E-state index contributed by atoms with van der Waals surface area (Å²) in [6.45, 7) is 0.702. The maximum absolute atomic E-state index is 13.0. The molecule has 2 aromatic rings. The lowest BCUT2D eigenvalue weighted by molar-refractivity contribution is -0.674. The number of ether oxygens (including phenoxy) is 1. The van der Waals surface area contributed by atoms with Crippen molar-refractivity contribution in [1.29, 1.82) is 0 Å². The molecule has 2 N–H and O–H groups in total. The van der Waals surface area contributed by atoms with Gasteiger partial charge in [-0.2, -0.15) is 0 Å². The predicted octanol–water partition coefficient (Wildman–Crippen LogP) is 1.27. The molecule has 1 atom stereocenters. The average molecular weight is 343 g/mol. The fraction of sp³-hybridized carbons (Fsp3) is 0.263. The van der Waals surface area contributed by atoms with E-state index >= 15 is 0 Å². The van der Waals surface area contributed by atoms with E-state index in [1.807, 2.05) is 29.6 Å². The molecular weight excluding hydrogens is 323 g/mol. The number of carbonyl (C=O) groups excluding carboxylic acids is 2. The monoisotopic (exact) mass is 343 g/mol. The normalized spacial score (nSPS) is 17.2. The number of hydrogen-bond donors (Lipinski definition) is 1. The molecule has 2 amide bonds. The van der Waals surface area contributed by atoms with Crippen LogP contribution in [-0.2, 0) is 16.0 Å². The number of amides is 2. The van der Waals surface area contributed by atoms with Crippen LogP contribution in [0.3, 0.4) is 0 Å². The molecule has 2 aromatic carbocycles. The van der Waals surface area contributed by atoms with Gasteiger partial charge in [0.1, 0.15) is 11.6 Å². The quantitative estimate of drug-likeness (QED) is 0.804. The van der Waals surface area contributed by atoms with Gasteiger partial charge in [-0.3, -0.25) is 9.59 Å². The minimum Gasteiger partial charge on any atom is -0.497 e. The molecular formula is C19H20FN2O3+. The molecule has 0 saturated carbocycles. The Balaban J connectivity index is 1.57. The van der Waals surface area contributed by atoms with Crippen LogP contribution in [0.5, 0.6) is 5.75 Å². The number of methoxy groups -OCH3 is 1. The number of carbonyl (C=O) groups is 2. The minimum atomic E-state index is -0.421. The highest BCUT2D eigenvalue weighted by Crippen LogP contribution is 2.21. The molecule has 1 aliphatic heterocycles. The predicted molar refractivity (Wildman–Crippen MR) is 90.8 cm³/mol. The molecule has 1 aliphatic rings. The fourth-order valence-electron chi connectivity index (χ4n) is 2.94. The Bertz CT molecular complexity index is 759. The summed E-state index contributed by atoms with van der Waals surface area (Å²) in [4.78, 5) is 25.8. The molecule has 6 heteroatoms. The van der Waals surface area contributed by atoms with Gasteiger partial charge in [-0.1, -0.05) is 12.1 Å². The second-order valence-electron chi connectivity index (χ2n) is 5.98. The third-order valence-electron chi connectivity index (χ3n) is 4.31. The number of halogens is 1. The summed E-state index contributed by atoms with van der Waals surface area (Å²) in [5.41, 5.74) is 1.56. The Morgan fingerprint density at radius 2 is 1.80 bits per heavy atom. The van der Waals surface area contributed by atoms with Crippen LogP contribution in [0.25, 0.3) is 0 Å². The topological polar surface area (TPSA) is 63.2 Å². The second kappa shape index (κ2) is 7.44. The lowest BCUT2D eigenvalue weighted by atomic mass is 10.1. The fourth-order valence-corrected chi connectivity index (χ4v) is 2.94. The molecule has 1 unspecified atom stereocenters. The highest BCUT2D eigenvalue weighted by Gasteiger charge is 2.41. The first-order chi connectivity index (χ1) is 12.1. The third kappa shape index (κ3) is 3.85. The minimum absolute atomic E-state index is 0.165. The van der Waals surface area contributed by atoms with Gasteiger partial charge in [0.15, 0.2) is 6.04 Å². The van der Waals surface area contributed by atoms with E-state index in [2.05, 4.69) is 0 Å². The molecule has 1 saturated heterocycles. The smallest absolute Gasteiger partial charge is 0.292 e. The zero-order chi connectivity index (χ0) is 17.8. The third-order valence-corrected chi connectivity index (χ3v) is 4.31. The molecule has 25 heavy (non-hydrogen) atoms. The zero-order valence-electron chi connectivity index (χ0n) is 13.9. The summed E-state index contributed by atoms with van der Waals surface area (Å²) in [5.74, 6) is -0.0849. The van der Waals surface area contributed by atoms with E-state index in [-0.39, 0.29) is 18.2 Å². The molecule has 1 fully saturated rings. The number of quaternary nitrogens is 1. The average Bonchev–Trinajstić information content (AvgIpc) is 2.90. The number of benzene rings is 2. The van der Waals surface area contributed by atoms with Crippen LogP contribution in [0, 0.1) is 5.82 Å². The number of hydrogen-bond acceptors (Lipinski definition) is 3. The first-order valence-electron chi connectivity index (χ1n) is 8.17. The van der Waals surface area contributed by atoms with Crippen molar-refractivity contribution < 1.29 is 24.0 Å². The largest absolute Gasteiger partial charge is 0.497 e. The van der Waals surface area contributed by atoms with Crippen LogP contribution >= 0.6 is 0 Å². The highest BCUT2D eigenvalue weighted by atomic mass is 19.1. The van der Waals surface area contributed by atoms with E-state index in [0.717, 1.165) is 22.6 Å². The second-order valence-corrected chi connectivity index (χ2v) is 5.98. The molecule has 0 radical (unpaired) electrons.